The Kier molecular flexibility index (Phi) is 10.7. The van der Waals surface area contributed by atoms with Gasteiger partial charge >= 0.3 is 0 Å². The van der Waals surface area contributed by atoms with Gasteiger partial charge in [0.15, 0.2) is 0 Å². The van der Waals surface area contributed by atoms with Crippen LogP contribution < -0.4 is 0 Å². The lowest BCUT2D eigenvalue weighted by Crippen LogP contribution is -1.98. The lowest BCUT2D eigenvalue weighted by Gasteiger charge is -2.04. The SMILES string of the molecule is O=[N+]([O-])O.OC=CN(C=CO)C=CO. The van der Waals surface area contributed by atoms with Crippen LogP contribution in [-0.4, -0.2) is 30.5 Å². The molecule has 0 saturated carbocycles. The minimum Gasteiger partial charge on any atom is -0.514 e. The molecule has 0 fully saturated rings. The van der Waals surface area contributed by atoms with Crippen LogP contribution in [0.2, 0.25) is 0 Å². The lowest BCUT2D eigenvalue weighted by molar-refractivity contribution is -0.742. The predicted molar refractivity (Wildman–Crippen MR) is 45.9 cm³/mol. The highest BCUT2D eigenvalue weighted by atomic mass is 16.9. The van der Waals surface area contributed by atoms with E-state index in [4.69, 9.17) is 30.6 Å². The fourth-order valence-corrected chi connectivity index (χ4v) is 0.380. The summed E-state index contributed by atoms with van der Waals surface area (Å²) in [6.07, 6.45) is 6.04. The van der Waals surface area contributed by atoms with Crippen LogP contribution in [-0.2, 0) is 0 Å². The van der Waals surface area contributed by atoms with E-state index in [0.29, 0.717) is 0 Å². The zero-order valence-electron chi connectivity index (χ0n) is 6.96. The van der Waals surface area contributed by atoms with Crippen molar-refractivity contribution in [2.45, 2.75) is 0 Å². The van der Waals surface area contributed by atoms with Crippen LogP contribution in [0.5, 0.6) is 0 Å². The maximum atomic E-state index is 8.36. The molecule has 0 radical (unpaired) electrons. The van der Waals surface area contributed by atoms with Gasteiger partial charge in [-0.2, -0.15) is 0 Å². The zero-order valence-corrected chi connectivity index (χ0v) is 6.96. The zero-order chi connectivity index (χ0) is 11.4. The molecule has 0 atom stereocenters. The van der Waals surface area contributed by atoms with Crippen molar-refractivity contribution in [1.82, 2.24) is 4.90 Å². The van der Waals surface area contributed by atoms with Gasteiger partial charge in [0.1, 0.15) is 0 Å². The summed E-state index contributed by atoms with van der Waals surface area (Å²) >= 11 is 0. The Balaban J connectivity index is 0. The van der Waals surface area contributed by atoms with Crippen molar-refractivity contribution in [3.8, 4) is 0 Å². The molecule has 0 aromatic heterocycles. The average Bonchev–Trinajstić information content (AvgIpc) is 2.04. The largest absolute Gasteiger partial charge is 0.514 e. The third kappa shape index (κ3) is 16.3. The molecule has 0 aliphatic carbocycles. The molecule has 4 N–H and O–H groups in total. The third-order valence-electron chi connectivity index (χ3n) is 0.716. The highest BCUT2D eigenvalue weighted by molar-refractivity contribution is 4.92. The first kappa shape index (κ1) is 14.2. The van der Waals surface area contributed by atoms with E-state index >= 15 is 0 Å². The van der Waals surface area contributed by atoms with Crippen molar-refractivity contribution in [2.75, 3.05) is 0 Å². The minimum absolute atomic E-state index is 0.778. The Morgan fingerprint density at radius 2 is 1.21 bits per heavy atom. The van der Waals surface area contributed by atoms with Crippen molar-refractivity contribution >= 4 is 0 Å². The molecule has 0 aliphatic rings. The van der Waals surface area contributed by atoms with E-state index in [9.17, 15) is 0 Å². The van der Waals surface area contributed by atoms with Gasteiger partial charge in [0.2, 0.25) is 0 Å². The molecule has 0 aliphatic heterocycles. The summed E-state index contributed by atoms with van der Waals surface area (Å²) in [5, 5.41) is 38.3. The minimum atomic E-state index is -1.50. The molecule has 0 unspecified atom stereocenters. The van der Waals surface area contributed by atoms with Crippen LogP contribution in [0.25, 0.3) is 0 Å². The van der Waals surface area contributed by atoms with Crippen LogP contribution in [0.3, 0.4) is 0 Å². The maximum absolute atomic E-state index is 8.36. The summed E-state index contributed by atoms with van der Waals surface area (Å²) in [6, 6.07) is 0. The van der Waals surface area contributed by atoms with Gasteiger partial charge in [-0.05, 0) is 0 Å². The summed E-state index contributed by atoms with van der Waals surface area (Å²) in [7, 11) is 0. The number of aliphatic hydroxyl groups is 3. The van der Waals surface area contributed by atoms with E-state index in [0.717, 1.165) is 18.8 Å². The first-order valence-electron chi connectivity index (χ1n) is 3.11. The summed E-state index contributed by atoms with van der Waals surface area (Å²) in [6.45, 7) is 0. The van der Waals surface area contributed by atoms with Crippen LogP contribution in [0.1, 0.15) is 0 Å². The molecule has 0 spiro atoms. The normalized spacial score (nSPS) is 10.3. The Labute approximate surface area is 79.0 Å². The van der Waals surface area contributed by atoms with E-state index in [1.807, 2.05) is 0 Å². The van der Waals surface area contributed by atoms with Gasteiger partial charge in [-0.25, -0.2) is 0 Å². The number of nitrogens with zero attached hydrogens (tertiary/aromatic N) is 2. The molecule has 14 heavy (non-hydrogen) atoms. The van der Waals surface area contributed by atoms with Crippen LogP contribution in [0.15, 0.2) is 37.4 Å². The number of hydrogen-bond donors (Lipinski definition) is 4. The molecular formula is C6H10N2O6. The molecule has 0 heterocycles. The number of hydrogen-bond acceptors (Lipinski definition) is 6. The fourth-order valence-electron chi connectivity index (χ4n) is 0.380. The second-order valence-electron chi connectivity index (χ2n) is 1.58. The van der Waals surface area contributed by atoms with Gasteiger partial charge in [-0.15, -0.1) is 10.1 Å². The van der Waals surface area contributed by atoms with E-state index in [1.54, 1.807) is 0 Å². The Hall–Kier alpha value is -2.38. The van der Waals surface area contributed by atoms with Gasteiger partial charge in [0, 0.05) is 18.6 Å². The second-order valence-corrected chi connectivity index (χ2v) is 1.58. The summed E-state index contributed by atoms with van der Waals surface area (Å²) in [5.41, 5.74) is 0. The van der Waals surface area contributed by atoms with Crippen LogP contribution in [0.4, 0.5) is 0 Å². The summed E-state index contributed by atoms with van der Waals surface area (Å²) in [4.78, 5) is 9.61. The van der Waals surface area contributed by atoms with Gasteiger partial charge in [-0.1, -0.05) is 0 Å². The maximum Gasteiger partial charge on any atom is 0.291 e. The van der Waals surface area contributed by atoms with Gasteiger partial charge < -0.3 is 25.4 Å². The predicted octanol–water partition coefficient (Wildman–Crippen LogP) is 1.03. The molecule has 8 nitrogen and oxygen atoms in total. The molecule has 0 aromatic rings. The third-order valence-corrected chi connectivity index (χ3v) is 0.716. The van der Waals surface area contributed by atoms with Crippen molar-refractivity contribution in [1.29, 1.82) is 0 Å². The van der Waals surface area contributed by atoms with E-state index < -0.39 is 5.09 Å². The Bertz CT molecular complexity index is 192. The van der Waals surface area contributed by atoms with Gasteiger partial charge in [0.05, 0.1) is 18.8 Å². The van der Waals surface area contributed by atoms with Crippen molar-refractivity contribution < 1.29 is 25.6 Å². The molecule has 0 aromatic carbocycles. The fraction of sp³-hybridized carbons (Fsp3) is 0. The van der Waals surface area contributed by atoms with Crippen molar-refractivity contribution in [3.63, 3.8) is 0 Å². The molecule has 0 bridgehead atoms. The molecule has 8 heteroatoms. The average molecular weight is 206 g/mol. The molecular weight excluding hydrogens is 196 g/mol. The molecule has 0 rings (SSSR count). The van der Waals surface area contributed by atoms with E-state index in [2.05, 4.69) is 0 Å². The summed E-state index contributed by atoms with van der Waals surface area (Å²) in [5.74, 6) is 0. The van der Waals surface area contributed by atoms with Crippen molar-refractivity contribution in [3.05, 3.63) is 47.5 Å². The topological polar surface area (TPSA) is 127 Å². The smallest absolute Gasteiger partial charge is 0.291 e. The first-order valence-corrected chi connectivity index (χ1v) is 3.11. The van der Waals surface area contributed by atoms with Crippen LogP contribution in [0, 0.1) is 10.1 Å². The molecule has 0 saturated heterocycles. The quantitative estimate of drug-likeness (QED) is 0.308. The molecule has 0 amide bonds. The molecule has 80 valence electrons. The second kappa shape index (κ2) is 10.6. The monoisotopic (exact) mass is 206 g/mol. The Morgan fingerprint density at radius 3 is 1.36 bits per heavy atom. The standard InChI is InChI=1S/C6H9NO3.HNO3/c8-4-1-7(2-5-9)3-6-10;2-1(3)4/h1-6,8-10H;(H,2,3,4). The van der Waals surface area contributed by atoms with E-state index in [1.165, 1.54) is 23.5 Å². The highest BCUT2D eigenvalue weighted by Crippen LogP contribution is 1.90. The van der Waals surface area contributed by atoms with Gasteiger partial charge in [0.25, 0.3) is 5.09 Å². The van der Waals surface area contributed by atoms with E-state index in [-0.39, 0.29) is 0 Å². The lowest BCUT2D eigenvalue weighted by atomic mass is 10.7. The highest BCUT2D eigenvalue weighted by Gasteiger charge is 1.83. The summed E-state index contributed by atoms with van der Waals surface area (Å²) < 4.78 is 0. The number of aliphatic hydroxyl groups excluding tert-OH is 3. The van der Waals surface area contributed by atoms with Crippen LogP contribution >= 0.6 is 0 Å². The number of rotatable bonds is 3. The van der Waals surface area contributed by atoms with Gasteiger partial charge in [-0.3, -0.25) is 0 Å². The van der Waals surface area contributed by atoms with Crippen molar-refractivity contribution in [2.24, 2.45) is 0 Å². The Morgan fingerprint density at radius 1 is 1.00 bits per heavy atom. The first-order chi connectivity index (χ1) is 6.58.